The Morgan fingerprint density at radius 1 is 1.10 bits per heavy atom. The molecule has 0 saturated carbocycles. The van der Waals surface area contributed by atoms with Crippen LogP contribution in [0, 0.1) is 0 Å². The monoisotopic (exact) mass is 282 g/mol. The van der Waals surface area contributed by atoms with Gasteiger partial charge in [-0.1, -0.05) is 18.2 Å². The second-order valence-corrected chi connectivity index (χ2v) is 3.83. The van der Waals surface area contributed by atoms with Crippen molar-refractivity contribution >= 4 is 5.78 Å². The Bertz CT molecular complexity index is 624. The third kappa shape index (κ3) is 2.76. The minimum absolute atomic E-state index is 0.172. The van der Waals surface area contributed by atoms with E-state index in [1.807, 2.05) is 0 Å². The molecule has 0 bridgehead atoms. The van der Waals surface area contributed by atoms with E-state index in [1.54, 1.807) is 0 Å². The zero-order valence-electron chi connectivity index (χ0n) is 10.3. The van der Waals surface area contributed by atoms with E-state index in [1.165, 1.54) is 31.4 Å². The molecular formula is C13H9F3N2O2. The van der Waals surface area contributed by atoms with Crippen molar-refractivity contribution < 1.29 is 22.7 Å². The molecule has 0 spiro atoms. The molecule has 0 radical (unpaired) electrons. The molecule has 1 aromatic heterocycles. The van der Waals surface area contributed by atoms with Crippen LogP contribution in [0.2, 0.25) is 0 Å². The summed E-state index contributed by atoms with van der Waals surface area (Å²) < 4.78 is 43.3. The highest BCUT2D eigenvalue weighted by atomic mass is 19.4. The quantitative estimate of drug-likeness (QED) is 0.812. The molecule has 0 unspecified atom stereocenters. The van der Waals surface area contributed by atoms with Gasteiger partial charge in [-0.2, -0.15) is 13.2 Å². The van der Waals surface area contributed by atoms with E-state index in [-0.39, 0.29) is 11.6 Å². The Kier molecular flexibility index (Phi) is 3.69. The topological polar surface area (TPSA) is 52.1 Å². The van der Waals surface area contributed by atoms with Crippen molar-refractivity contribution in [2.75, 3.05) is 7.11 Å². The summed E-state index contributed by atoms with van der Waals surface area (Å²) in [6.07, 6.45) is -4.61. The van der Waals surface area contributed by atoms with Crippen molar-refractivity contribution in [2.45, 2.75) is 6.18 Å². The number of rotatable bonds is 3. The molecule has 7 heteroatoms. The van der Waals surface area contributed by atoms with E-state index in [0.717, 1.165) is 12.1 Å². The molecule has 0 fully saturated rings. The van der Waals surface area contributed by atoms with Crippen LogP contribution < -0.4 is 4.74 Å². The number of aromatic nitrogens is 2. The Morgan fingerprint density at radius 2 is 1.80 bits per heavy atom. The number of halogens is 3. The summed E-state index contributed by atoms with van der Waals surface area (Å²) in [6.45, 7) is 0. The van der Waals surface area contributed by atoms with Gasteiger partial charge in [-0.3, -0.25) is 4.79 Å². The molecule has 0 saturated heterocycles. The molecule has 0 N–H and O–H groups in total. The summed E-state index contributed by atoms with van der Waals surface area (Å²) in [5, 5.41) is 7.12. The maximum absolute atomic E-state index is 12.8. The smallest absolute Gasteiger partial charge is 0.417 e. The van der Waals surface area contributed by atoms with E-state index >= 15 is 0 Å². The zero-order valence-corrected chi connectivity index (χ0v) is 10.3. The molecule has 0 atom stereocenters. The van der Waals surface area contributed by atoms with Gasteiger partial charge in [-0.15, -0.1) is 10.2 Å². The number of carbonyl (C=O) groups is 1. The summed E-state index contributed by atoms with van der Waals surface area (Å²) >= 11 is 0. The highest BCUT2D eigenvalue weighted by Gasteiger charge is 2.35. The third-order valence-electron chi connectivity index (χ3n) is 2.56. The van der Waals surface area contributed by atoms with Crippen LogP contribution in [-0.2, 0) is 6.18 Å². The van der Waals surface area contributed by atoms with Crippen LogP contribution in [0.3, 0.4) is 0 Å². The Morgan fingerprint density at radius 3 is 2.35 bits per heavy atom. The molecule has 20 heavy (non-hydrogen) atoms. The lowest BCUT2D eigenvalue weighted by molar-refractivity contribution is -0.137. The zero-order chi connectivity index (χ0) is 14.8. The molecule has 4 nitrogen and oxygen atoms in total. The van der Waals surface area contributed by atoms with Crippen molar-refractivity contribution in [3.8, 4) is 5.88 Å². The van der Waals surface area contributed by atoms with Crippen LogP contribution in [0.15, 0.2) is 36.4 Å². The minimum atomic E-state index is -4.61. The van der Waals surface area contributed by atoms with E-state index in [0.29, 0.717) is 0 Å². The normalized spacial score (nSPS) is 11.2. The van der Waals surface area contributed by atoms with Gasteiger partial charge in [0.1, 0.15) is 5.69 Å². The fourth-order valence-electron chi connectivity index (χ4n) is 1.62. The van der Waals surface area contributed by atoms with Crippen LogP contribution >= 0.6 is 0 Å². The predicted molar refractivity (Wildman–Crippen MR) is 63.5 cm³/mol. The fraction of sp³-hybridized carbons (Fsp3) is 0.154. The van der Waals surface area contributed by atoms with Crippen LogP contribution in [0.4, 0.5) is 13.2 Å². The van der Waals surface area contributed by atoms with Gasteiger partial charge in [0, 0.05) is 11.6 Å². The second-order valence-electron chi connectivity index (χ2n) is 3.83. The lowest BCUT2D eigenvalue weighted by Crippen LogP contribution is -2.14. The molecule has 1 heterocycles. The highest BCUT2D eigenvalue weighted by molar-refractivity contribution is 6.08. The van der Waals surface area contributed by atoms with Crippen molar-refractivity contribution in [2.24, 2.45) is 0 Å². The van der Waals surface area contributed by atoms with E-state index < -0.39 is 23.1 Å². The molecule has 0 aliphatic carbocycles. The summed E-state index contributed by atoms with van der Waals surface area (Å²) in [6, 6.07) is 7.16. The number of benzene rings is 1. The molecule has 0 aliphatic rings. The number of ketones is 1. The maximum Gasteiger partial charge on any atom is 0.417 e. The van der Waals surface area contributed by atoms with Crippen LogP contribution in [0.1, 0.15) is 21.6 Å². The molecular weight excluding hydrogens is 273 g/mol. The lowest BCUT2D eigenvalue weighted by Gasteiger charge is -2.11. The first-order valence-electron chi connectivity index (χ1n) is 5.52. The summed E-state index contributed by atoms with van der Waals surface area (Å²) in [7, 11) is 1.37. The van der Waals surface area contributed by atoms with Crippen LogP contribution in [0.25, 0.3) is 0 Å². The predicted octanol–water partition coefficient (Wildman–Crippen LogP) is 2.74. The SMILES string of the molecule is COc1ccc(C(=O)c2ccccc2C(F)(F)F)nn1. The molecule has 0 aliphatic heterocycles. The van der Waals surface area contributed by atoms with Gasteiger partial charge in [-0.25, -0.2) is 0 Å². The molecule has 1 aromatic carbocycles. The average molecular weight is 282 g/mol. The number of hydrogen-bond donors (Lipinski definition) is 0. The van der Waals surface area contributed by atoms with Gasteiger partial charge >= 0.3 is 6.18 Å². The first-order valence-corrected chi connectivity index (χ1v) is 5.52. The maximum atomic E-state index is 12.8. The van der Waals surface area contributed by atoms with Crippen molar-refractivity contribution in [1.82, 2.24) is 10.2 Å². The standard InChI is InChI=1S/C13H9F3N2O2/c1-20-11-7-6-10(17-18-11)12(19)8-4-2-3-5-9(8)13(14,15)16/h2-7H,1H3. The largest absolute Gasteiger partial charge is 0.480 e. The number of nitrogens with zero attached hydrogens (tertiary/aromatic N) is 2. The van der Waals surface area contributed by atoms with E-state index in [4.69, 9.17) is 4.74 Å². The molecule has 2 aromatic rings. The summed E-state index contributed by atoms with van der Waals surface area (Å²) in [5.41, 5.74) is -1.63. The lowest BCUT2D eigenvalue weighted by atomic mass is 10.0. The van der Waals surface area contributed by atoms with E-state index in [2.05, 4.69) is 10.2 Å². The first-order chi connectivity index (χ1) is 9.43. The van der Waals surface area contributed by atoms with Gasteiger partial charge in [0.2, 0.25) is 11.7 Å². The Balaban J connectivity index is 2.43. The van der Waals surface area contributed by atoms with Gasteiger partial charge in [0.05, 0.1) is 12.7 Å². The number of ether oxygens (including phenoxy) is 1. The summed E-state index contributed by atoms with van der Waals surface area (Å²) in [4.78, 5) is 12.1. The van der Waals surface area contributed by atoms with E-state index in [9.17, 15) is 18.0 Å². The summed E-state index contributed by atoms with van der Waals surface area (Å²) in [5.74, 6) is -0.668. The first kappa shape index (κ1) is 14.0. The Hall–Kier alpha value is -2.44. The minimum Gasteiger partial charge on any atom is -0.480 e. The van der Waals surface area contributed by atoms with Gasteiger partial charge in [-0.05, 0) is 12.1 Å². The fourth-order valence-corrected chi connectivity index (χ4v) is 1.62. The number of carbonyl (C=O) groups excluding carboxylic acids is 1. The average Bonchev–Trinajstić information content (AvgIpc) is 2.46. The number of alkyl halides is 3. The second kappa shape index (κ2) is 5.28. The van der Waals surface area contributed by atoms with Gasteiger partial charge in [0.15, 0.2) is 0 Å². The number of methoxy groups -OCH3 is 1. The van der Waals surface area contributed by atoms with Crippen molar-refractivity contribution in [3.05, 3.63) is 53.2 Å². The molecule has 104 valence electrons. The molecule has 0 amide bonds. The van der Waals surface area contributed by atoms with Gasteiger partial charge in [0.25, 0.3) is 0 Å². The van der Waals surface area contributed by atoms with Crippen molar-refractivity contribution in [3.63, 3.8) is 0 Å². The Labute approximate surface area is 112 Å². The van der Waals surface area contributed by atoms with Crippen molar-refractivity contribution in [1.29, 1.82) is 0 Å². The highest BCUT2D eigenvalue weighted by Crippen LogP contribution is 2.32. The van der Waals surface area contributed by atoms with Gasteiger partial charge < -0.3 is 4.74 Å². The van der Waals surface area contributed by atoms with Crippen LogP contribution in [-0.4, -0.2) is 23.1 Å². The number of hydrogen-bond acceptors (Lipinski definition) is 4. The third-order valence-corrected chi connectivity index (χ3v) is 2.56. The van der Waals surface area contributed by atoms with Crippen LogP contribution in [0.5, 0.6) is 5.88 Å². The molecule has 2 rings (SSSR count).